The molecule has 1 aromatic carbocycles. The van der Waals surface area contributed by atoms with Crippen LogP contribution in [-0.4, -0.2) is 25.8 Å². The van der Waals surface area contributed by atoms with Gasteiger partial charge in [0.05, 0.1) is 0 Å². The van der Waals surface area contributed by atoms with E-state index >= 15 is 0 Å². The van der Waals surface area contributed by atoms with Crippen LogP contribution in [0.1, 0.15) is 26.3 Å². The van der Waals surface area contributed by atoms with Gasteiger partial charge in [-0.3, -0.25) is 0 Å². The second kappa shape index (κ2) is 5.46. The molecule has 1 rings (SSSR count). The number of benzene rings is 1. The fourth-order valence-electron chi connectivity index (χ4n) is 1.66. The molecule has 0 saturated carbocycles. The molecule has 19 heavy (non-hydrogen) atoms. The zero-order valence-corrected chi connectivity index (χ0v) is 12.8. The Morgan fingerprint density at radius 1 is 1.26 bits per heavy atom. The van der Waals surface area contributed by atoms with E-state index in [9.17, 15) is 12.8 Å². The van der Waals surface area contributed by atoms with Crippen LogP contribution in [0.25, 0.3) is 0 Å². The molecule has 6 heteroatoms. The molecule has 0 heterocycles. The summed E-state index contributed by atoms with van der Waals surface area (Å²) < 4.78 is 39.9. The number of hydrogen-bond donors (Lipinski definition) is 1. The van der Waals surface area contributed by atoms with E-state index in [4.69, 9.17) is 5.73 Å². The third kappa shape index (κ3) is 3.06. The topological polar surface area (TPSA) is 63.4 Å². The van der Waals surface area contributed by atoms with E-state index in [1.54, 1.807) is 13.8 Å². The largest absolute Gasteiger partial charge is 0.398 e. The lowest BCUT2D eigenvalue weighted by atomic mass is 10.1. The summed E-state index contributed by atoms with van der Waals surface area (Å²) in [5.41, 5.74) is 6.47. The summed E-state index contributed by atoms with van der Waals surface area (Å²) in [4.78, 5) is -0.370. The second-order valence-electron chi connectivity index (χ2n) is 5.15. The molecule has 0 aliphatic rings. The van der Waals surface area contributed by atoms with Crippen molar-refractivity contribution in [2.45, 2.75) is 38.6 Å². The molecule has 2 N–H and O–H groups in total. The molecular weight excluding hydrogens is 267 g/mol. The molecule has 0 radical (unpaired) electrons. The molecule has 1 aromatic rings. The molecule has 0 saturated heterocycles. The lowest BCUT2D eigenvalue weighted by molar-refractivity contribution is 0.314. The van der Waals surface area contributed by atoms with Gasteiger partial charge in [0.15, 0.2) is 0 Å². The molecule has 1 unspecified atom stereocenters. The minimum Gasteiger partial charge on any atom is -0.398 e. The van der Waals surface area contributed by atoms with Gasteiger partial charge in [-0.2, -0.15) is 4.31 Å². The van der Waals surface area contributed by atoms with Crippen LogP contribution in [-0.2, 0) is 10.0 Å². The highest BCUT2D eigenvalue weighted by molar-refractivity contribution is 7.89. The molecule has 0 aliphatic carbocycles. The van der Waals surface area contributed by atoms with Gasteiger partial charge in [-0.15, -0.1) is 0 Å². The Morgan fingerprint density at radius 3 is 2.26 bits per heavy atom. The van der Waals surface area contributed by atoms with Crippen molar-refractivity contribution in [2.75, 3.05) is 12.8 Å². The standard InChI is InChI=1S/C13H21FN2O2S/c1-8(2)10(4)16(5)19(17,18)13-7-12(15)9(3)6-11(13)14/h6-8,10H,15H2,1-5H3. The second-order valence-corrected chi connectivity index (χ2v) is 7.11. The van der Waals surface area contributed by atoms with Crippen molar-refractivity contribution in [3.63, 3.8) is 0 Å². The predicted molar refractivity (Wildman–Crippen MR) is 74.8 cm³/mol. The lowest BCUT2D eigenvalue weighted by Crippen LogP contribution is -2.38. The normalized spacial score (nSPS) is 14.1. The van der Waals surface area contributed by atoms with Gasteiger partial charge in [0.25, 0.3) is 0 Å². The molecule has 0 aromatic heterocycles. The van der Waals surface area contributed by atoms with Crippen LogP contribution in [0.15, 0.2) is 17.0 Å². The van der Waals surface area contributed by atoms with Crippen molar-refractivity contribution in [2.24, 2.45) is 5.92 Å². The van der Waals surface area contributed by atoms with Crippen molar-refractivity contribution in [3.05, 3.63) is 23.5 Å². The molecule has 0 bridgehead atoms. The number of aryl methyl sites for hydroxylation is 1. The average molecular weight is 288 g/mol. The Morgan fingerprint density at radius 2 is 1.79 bits per heavy atom. The number of rotatable bonds is 4. The predicted octanol–water partition coefficient (Wildman–Crippen LogP) is 2.38. The summed E-state index contributed by atoms with van der Waals surface area (Å²) in [6, 6.07) is 2.10. The van der Waals surface area contributed by atoms with Crippen LogP contribution in [0.3, 0.4) is 0 Å². The highest BCUT2D eigenvalue weighted by Crippen LogP contribution is 2.26. The van der Waals surface area contributed by atoms with Gasteiger partial charge >= 0.3 is 0 Å². The maximum atomic E-state index is 13.9. The molecular formula is C13H21FN2O2S. The number of hydrogen-bond acceptors (Lipinski definition) is 3. The molecule has 0 aliphatic heterocycles. The first-order chi connectivity index (χ1) is 8.59. The van der Waals surface area contributed by atoms with Crippen LogP contribution in [0.5, 0.6) is 0 Å². The van der Waals surface area contributed by atoms with Crippen LogP contribution < -0.4 is 5.73 Å². The average Bonchev–Trinajstić information content (AvgIpc) is 2.31. The number of nitrogens with two attached hydrogens (primary N) is 1. The monoisotopic (exact) mass is 288 g/mol. The Hall–Kier alpha value is -1.14. The number of anilines is 1. The fourth-order valence-corrected chi connectivity index (χ4v) is 3.23. The first-order valence-electron chi connectivity index (χ1n) is 6.12. The summed E-state index contributed by atoms with van der Waals surface area (Å²) in [6.07, 6.45) is 0. The van der Waals surface area contributed by atoms with E-state index in [1.807, 2.05) is 13.8 Å². The van der Waals surface area contributed by atoms with Gasteiger partial charge in [-0.1, -0.05) is 13.8 Å². The lowest BCUT2D eigenvalue weighted by Gasteiger charge is -2.27. The Bertz CT molecular complexity index is 570. The number of nitrogens with zero attached hydrogens (tertiary/aromatic N) is 1. The van der Waals surface area contributed by atoms with E-state index in [0.717, 1.165) is 6.07 Å². The van der Waals surface area contributed by atoms with Gasteiger partial charge < -0.3 is 5.73 Å². The van der Waals surface area contributed by atoms with E-state index in [0.29, 0.717) is 5.56 Å². The first-order valence-corrected chi connectivity index (χ1v) is 7.56. The first kappa shape index (κ1) is 15.9. The smallest absolute Gasteiger partial charge is 0.246 e. The van der Waals surface area contributed by atoms with Gasteiger partial charge in [0.1, 0.15) is 10.7 Å². The van der Waals surface area contributed by atoms with Gasteiger partial charge in [0, 0.05) is 18.8 Å². The van der Waals surface area contributed by atoms with Crippen LogP contribution >= 0.6 is 0 Å². The molecule has 0 spiro atoms. The maximum Gasteiger partial charge on any atom is 0.246 e. The Kier molecular flexibility index (Phi) is 4.58. The van der Waals surface area contributed by atoms with Gasteiger partial charge in [-0.25, -0.2) is 12.8 Å². The van der Waals surface area contributed by atoms with Gasteiger partial charge in [0.2, 0.25) is 10.0 Å². The third-order valence-electron chi connectivity index (χ3n) is 3.52. The summed E-state index contributed by atoms with van der Waals surface area (Å²) in [7, 11) is -2.42. The van der Waals surface area contributed by atoms with Crippen LogP contribution in [0.4, 0.5) is 10.1 Å². The summed E-state index contributed by atoms with van der Waals surface area (Å²) in [5.74, 6) is -0.639. The summed E-state index contributed by atoms with van der Waals surface area (Å²) >= 11 is 0. The molecule has 0 amide bonds. The van der Waals surface area contributed by atoms with Crippen molar-refractivity contribution in [3.8, 4) is 0 Å². The Balaban J connectivity index is 3.32. The third-order valence-corrected chi connectivity index (χ3v) is 5.48. The van der Waals surface area contributed by atoms with Crippen molar-refractivity contribution in [1.82, 2.24) is 4.31 Å². The van der Waals surface area contributed by atoms with E-state index in [-0.39, 0.29) is 22.5 Å². The minimum atomic E-state index is -3.87. The molecule has 108 valence electrons. The summed E-state index contributed by atoms with van der Waals surface area (Å²) in [5, 5.41) is 0. The maximum absolute atomic E-state index is 13.9. The molecule has 1 atom stereocenters. The summed E-state index contributed by atoms with van der Waals surface area (Å²) in [6.45, 7) is 7.25. The fraction of sp³-hybridized carbons (Fsp3) is 0.538. The minimum absolute atomic E-state index is 0.130. The SMILES string of the molecule is Cc1cc(F)c(S(=O)(=O)N(C)C(C)C(C)C)cc1N. The highest BCUT2D eigenvalue weighted by atomic mass is 32.2. The van der Waals surface area contributed by atoms with E-state index in [1.165, 1.54) is 17.4 Å². The molecule has 0 fully saturated rings. The number of nitrogen functional groups attached to an aromatic ring is 1. The quantitative estimate of drug-likeness (QED) is 0.865. The van der Waals surface area contributed by atoms with E-state index in [2.05, 4.69) is 0 Å². The van der Waals surface area contributed by atoms with Crippen molar-refractivity contribution >= 4 is 15.7 Å². The van der Waals surface area contributed by atoms with Crippen molar-refractivity contribution in [1.29, 1.82) is 0 Å². The zero-order chi connectivity index (χ0) is 15.0. The highest BCUT2D eigenvalue weighted by Gasteiger charge is 2.29. The Labute approximate surface area is 114 Å². The van der Waals surface area contributed by atoms with E-state index < -0.39 is 15.8 Å². The van der Waals surface area contributed by atoms with Crippen LogP contribution in [0.2, 0.25) is 0 Å². The zero-order valence-electron chi connectivity index (χ0n) is 11.9. The number of sulfonamides is 1. The van der Waals surface area contributed by atoms with Crippen molar-refractivity contribution < 1.29 is 12.8 Å². The number of halogens is 1. The van der Waals surface area contributed by atoms with Crippen LogP contribution in [0, 0.1) is 18.7 Å². The van der Waals surface area contributed by atoms with Gasteiger partial charge in [-0.05, 0) is 37.5 Å². The molecule has 4 nitrogen and oxygen atoms in total.